The number of hydrogen-bond donors (Lipinski definition) is 4. The number of benzene rings is 2. The molecule has 4 heterocycles. The van der Waals surface area contributed by atoms with E-state index < -0.39 is 6.16 Å². The molecule has 4 atom stereocenters. The summed E-state index contributed by atoms with van der Waals surface area (Å²) in [6, 6.07) is 8.47. The molecule has 2 fully saturated rings. The third kappa shape index (κ3) is 16.0. The molecular weight excluding hydrogens is 920 g/mol. The van der Waals surface area contributed by atoms with E-state index in [2.05, 4.69) is 140 Å². The summed E-state index contributed by atoms with van der Waals surface area (Å²) < 4.78 is 5.07. The first kappa shape index (κ1) is 60.4. The number of piperidine rings is 2. The van der Waals surface area contributed by atoms with Gasteiger partial charge in [0.1, 0.15) is 11.5 Å². The Morgan fingerprint density at radius 3 is 1.26 bits per heavy atom. The van der Waals surface area contributed by atoms with E-state index in [4.69, 9.17) is 25.0 Å². The summed E-state index contributed by atoms with van der Waals surface area (Å²) in [5.74, 6) is 5.12. The van der Waals surface area contributed by atoms with Crippen LogP contribution in [0.4, 0.5) is 4.79 Å². The third-order valence-electron chi connectivity index (χ3n) is 15.0. The molecule has 2 saturated heterocycles. The van der Waals surface area contributed by atoms with Gasteiger partial charge in [-0.1, -0.05) is 95.2 Å². The summed E-state index contributed by atoms with van der Waals surface area (Å²) in [5.41, 5.74) is 5.22. The zero-order valence-corrected chi connectivity index (χ0v) is 47.3. The van der Waals surface area contributed by atoms with E-state index in [9.17, 15) is 10.2 Å². The maximum Gasteiger partial charge on any atom is 0.503 e. The first-order chi connectivity index (χ1) is 31.7. The maximum atomic E-state index is 11.9. The number of carboxylic acid groups (broad SMARTS) is 2. The normalized spacial score (nSPS) is 20.0. The molecule has 0 aromatic heterocycles. The predicted octanol–water partition coefficient (Wildman–Crippen LogP) is 11.9. The fraction of sp³-hybridized carbons (Fsp3) is 0.690. The molecule has 0 amide bonds. The van der Waals surface area contributed by atoms with Gasteiger partial charge in [0, 0.05) is 51.5 Å². The fourth-order valence-electron chi connectivity index (χ4n) is 11.1. The molecule has 0 aliphatic carbocycles. The molecule has 11 nitrogen and oxygen atoms in total. The van der Waals surface area contributed by atoms with E-state index in [0.29, 0.717) is 23.3 Å². The van der Waals surface area contributed by atoms with Crippen molar-refractivity contribution >= 4 is 30.3 Å². The minimum Gasteiger partial charge on any atom is -0.507 e. The van der Waals surface area contributed by atoms with Gasteiger partial charge in [0.25, 0.3) is 0 Å². The summed E-state index contributed by atoms with van der Waals surface area (Å²) >= 11 is 0. The Kier molecular flexibility index (Phi) is 21.7. The van der Waals surface area contributed by atoms with Gasteiger partial charge in [0.05, 0.1) is 77.3 Å². The maximum absolute atomic E-state index is 11.9. The van der Waals surface area contributed by atoms with E-state index in [1.54, 1.807) is 11.7 Å². The molecule has 2 aromatic rings. The van der Waals surface area contributed by atoms with Gasteiger partial charge in [0.15, 0.2) is 0 Å². The van der Waals surface area contributed by atoms with Crippen molar-refractivity contribution in [2.45, 2.75) is 194 Å². The summed E-state index contributed by atoms with van der Waals surface area (Å²) in [7, 11) is 4.59. The number of carbonyl (C=O) groups is 1. The van der Waals surface area contributed by atoms with Crippen molar-refractivity contribution in [3.63, 3.8) is 0 Å². The SMILES string of the molecule is C[N+]1=C2C(CCCN2CCCC(N=Cc2cc(C(C)(C)C)cc(C(C)(C)C)c2O)C(CCCN2CCCC3CCC[N+](C)=C32)N=Cc2cc(C(C)(C)C)cc(C(C)(C)C)c2O)CCC1.O=C(O)O.[CH3-].[Co]. The first-order valence-electron chi connectivity index (χ1n) is 26.1. The van der Waals surface area contributed by atoms with Gasteiger partial charge in [0.2, 0.25) is 11.7 Å². The van der Waals surface area contributed by atoms with Crippen LogP contribution in [0.2, 0.25) is 0 Å². The molecule has 0 bridgehead atoms. The quantitative estimate of drug-likeness (QED) is 0.0891. The molecular formula is C58H95CoN6O5+. The average molecular weight is 1020 g/mol. The molecule has 4 aliphatic heterocycles. The number of rotatable bonds is 13. The summed E-state index contributed by atoms with van der Waals surface area (Å²) in [6.07, 6.45) is 16.2. The minimum absolute atomic E-state index is 0. The molecule has 70 heavy (non-hydrogen) atoms. The van der Waals surface area contributed by atoms with Crippen molar-refractivity contribution in [3.8, 4) is 11.5 Å². The van der Waals surface area contributed by atoms with Gasteiger partial charge in [-0.2, -0.15) is 0 Å². The number of fused-ring (bicyclic) bond motifs is 2. The second-order valence-electron chi connectivity index (χ2n) is 24.7. The summed E-state index contributed by atoms with van der Waals surface area (Å²) in [5, 5.41) is 37.8. The van der Waals surface area contributed by atoms with Crippen LogP contribution in [0.15, 0.2) is 34.3 Å². The zero-order chi connectivity index (χ0) is 50.4. The van der Waals surface area contributed by atoms with E-state index in [0.717, 1.165) is 87.2 Å². The van der Waals surface area contributed by atoms with Gasteiger partial charge in [-0.3, -0.25) is 28.9 Å². The Morgan fingerprint density at radius 1 is 0.614 bits per heavy atom. The summed E-state index contributed by atoms with van der Waals surface area (Å²) in [6.45, 7) is 33.1. The molecule has 4 unspecified atom stereocenters. The first-order valence-corrected chi connectivity index (χ1v) is 26.1. The van der Waals surface area contributed by atoms with E-state index in [-0.39, 0.29) is 57.9 Å². The van der Waals surface area contributed by atoms with Gasteiger partial charge in [-0.15, -0.1) is 0 Å². The number of aromatic hydroxyl groups is 2. The smallest absolute Gasteiger partial charge is 0.503 e. The Labute approximate surface area is 434 Å². The second-order valence-corrected chi connectivity index (χ2v) is 24.7. The van der Waals surface area contributed by atoms with Gasteiger partial charge in [-0.05, 0) is 122 Å². The van der Waals surface area contributed by atoms with E-state index in [1.165, 1.54) is 62.5 Å². The standard InChI is InChI=1S/C56H88N6O2.CH2O3.CH3.Co/c1-53(2,3)43-33-41(49(63)45(35-43)55(7,8)9)37-57-47(25-19-31-61-29-17-23-39-21-15-27-59(13)51(39)61)48(26-20-32-62-30-18-24-40-22-16-28-60(14)52(40)62)58-38-42-34-44(54(4,5)6)36-46(50(42)64)56(10,11)12;2-1(3)4;;/h33-40,47-48H,15-32H2,1-14H3;(H2,2,3,4);1H3;/q;;-1;/p+2. The number of hydrogen-bond acceptors (Lipinski definition) is 7. The molecule has 0 saturated carbocycles. The van der Waals surface area contributed by atoms with Gasteiger partial charge < -0.3 is 27.9 Å². The van der Waals surface area contributed by atoms with E-state index >= 15 is 0 Å². The molecule has 395 valence electrons. The number of phenolic OH excluding ortho intramolecular Hbond substituents is 2. The molecule has 6 rings (SSSR count). The van der Waals surface area contributed by atoms with Crippen LogP contribution in [0.3, 0.4) is 0 Å². The minimum atomic E-state index is -1.83. The number of likely N-dealkylation sites (tertiary alicyclic amines) is 2. The van der Waals surface area contributed by atoms with Crippen LogP contribution in [0.1, 0.15) is 194 Å². The Hall–Kier alpha value is -3.90. The van der Waals surface area contributed by atoms with Crippen LogP contribution in [-0.4, -0.2) is 135 Å². The van der Waals surface area contributed by atoms with Crippen molar-refractivity contribution in [1.29, 1.82) is 0 Å². The molecule has 4 N–H and O–H groups in total. The van der Waals surface area contributed by atoms with Crippen molar-refractivity contribution in [1.82, 2.24) is 9.80 Å². The average Bonchev–Trinajstić information content (AvgIpc) is 3.22. The number of nitrogens with zero attached hydrogens (tertiary/aromatic N) is 6. The van der Waals surface area contributed by atoms with Crippen LogP contribution in [0, 0.1) is 19.3 Å². The van der Waals surface area contributed by atoms with Crippen LogP contribution in [0.25, 0.3) is 0 Å². The Balaban J connectivity index is 0.00000208. The largest absolute Gasteiger partial charge is 0.507 e. The van der Waals surface area contributed by atoms with Crippen molar-refractivity contribution < 1.29 is 51.2 Å². The van der Waals surface area contributed by atoms with Crippen molar-refractivity contribution in [3.05, 3.63) is 65.1 Å². The van der Waals surface area contributed by atoms with E-state index in [1.807, 2.05) is 12.4 Å². The molecule has 4 aliphatic rings. The third-order valence-corrected chi connectivity index (χ3v) is 15.0. The topological polar surface area (TPSA) is 135 Å². The zero-order valence-electron chi connectivity index (χ0n) is 46.2. The summed E-state index contributed by atoms with van der Waals surface area (Å²) in [4.78, 5) is 25.0. The van der Waals surface area contributed by atoms with Gasteiger partial charge >= 0.3 is 6.16 Å². The second kappa shape index (κ2) is 25.2. The Morgan fingerprint density at radius 2 is 0.943 bits per heavy atom. The monoisotopic (exact) mass is 1010 g/mol. The van der Waals surface area contributed by atoms with Crippen LogP contribution in [0.5, 0.6) is 11.5 Å². The van der Waals surface area contributed by atoms with Crippen molar-refractivity contribution in [2.24, 2.45) is 21.8 Å². The van der Waals surface area contributed by atoms with Crippen molar-refractivity contribution in [2.75, 3.05) is 53.4 Å². The van der Waals surface area contributed by atoms with Crippen LogP contribution in [-0.2, 0) is 38.4 Å². The number of aliphatic imine (C=N–C) groups is 2. The van der Waals surface area contributed by atoms with Gasteiger partial charge in [-0.25, -0.2) is 4.79 Å². The number of phenols is 2. The Bertz CT molecular complexity index is 2030. The molecule has 12 heteroatoms. The predicted molar refractivity (Wildman–Crippen MR) is 288 cm³/mol. The molecule has 2 aromatic carbocycles. The van der Waals surface area contributed by atoms with Crippen LogP contribution < -0.4 is 0 Å². The molecule has 0 spiro atoms. The fourth-order valence-corrected chi connectivity index (χ4v) is 11.1. The molecule has 1 radical (unpaired) electrons. The van der Waals surface area contributed by atoms with Crippen LogP contribution >= 0.6 is 0 Å². The number of amidine groups is 2.